The van der Waals surface area contributed by atoms with Gasteiger partial charge in [-0.2, -0.15) is 0 Å². The molecule has 8 heteroatoms. The number of ether oxygens (including phenoxy) is 1. The maximum atomic E-state index is 13.6. The molecule has 138 valence electrons. The Morgan fingerprint density at radius 3 is 2.52 bits per heavy atom. The molecule has 0 saturated carbocycles. The molecule has 3 rings (SSSR count). The highest BCUT2D eigenvalue weighted by molar-refractivity contribution is 5.95. The van der Waals surface area contributed by atoms with Gasteiger partial charge in [0.2, 0.25) is 0 Å². The molecule has 27 heavy (non-hydrogen) atoms. The first-order valence-corrected chi connectivity index (χ1v) is 8.14. The fourth-order valence-electron chi connectivity index (χ4n) is 2.27. The number of amides is 2. The Morgan fingerprint density at radius 2 is 1.85 bits per heavy atom. The van der Waals surface area contributed by atoms with Gasteiger partial charge in [0.1, 0.15) is 0 Å². The molecule has 3 aromatic rings. The van der Waals surface area contributed by atoms with Gasteiger partial charge >= 0.3 is 0 Å². The van der Waals surface area contributed by atoms with E-state index in [4.69, 9.17) is 4.74 Å². The van der Waals surface area contributed by atoms with Crippen LogP contribution in [0.25, 0.3) is 5.69 Å². The normalized spacial score (nSPS) is 11.5. The number of rotatable bonds is 5. The summed E-state index contributed by atoms with van der Waals surface area (Å²) in [5.74, 6) is -1.71. The van der Waals surface area contributed by atoms with E-state index in [0.29, 0.717) is 5.56 Å². The molecule has 2 aromatic carbocycles. The van der Waals surface area contributed by atoms with E-state index in [2.05, 4.69) is 15.8 Å². The number of hydrogen-bond acceptors (Lipinski definition) is 4. The van der Waals surface area contributed by atoms with E-state index < -0.39 is 23.7 Å². The van der Waals surface area contributed by atoms with Crippen molar-refractivity contribution >= 4 is 11.8 Å². The average Bonchev–Trinajstić information content (AvgIpc) is 3.22. The number of para-hydroxylation sites is 1. The number of halogens is 1. The lowest BCUT2D eigenvalue weighted by atomic mass is 10.2. The van der Waals surface area contributed by atoms with Gasteiger partial charge in [0.15, 0.2) is 17.7 Å². The van der Waals surface area contributed by atoms with Gasteiger partial charge in [-0.05, 0) is 43.3 Å². The second kappa shape index (κ2) is 8.13. The smallest absolute Gasteiger partial charge is 0.279 e. The molecule has 1 aromatic heterocycles. The quantitative estimate of drug-likeness (QED) is 0.677. The maximum absolute atomic E-state index is 13.6. The second-order valence-electron chi connectivity index (χ2n) is 5.65. The summed E-state index contributed by atoms with van der Waals surface area (Å²) in [7, 11) is 0. The Bertz CT molecular complexity index is 926. The van der Waals surface area contributed by atoms with Crippen molar-refractivity contribution in [1.82, 2.24) is 20.4 Å². The van der Waals surface area contributed by atoms with Crippen LogP contribution >= 0.6 is 0 Å². The Labute approximate surface area is 154 Å². The first kappa shape index (κ1) is 18.1. The fraction of sp³-hybridized carbons (Fsp3) is 0.105. The van der Waals surface area contributed by atoms with Crippen LogP contribution in [-0.4, -0.2) is 27.5 Å². The molecule has 0 radical (unpaired) electrons. The molecule has 0 aliphatic rings. The fourth-order valence-corrected chi connectivity index (χ4v) is 2.27. The number of aromatic nitrogens is 2. The minimum absolute atomic E-state index is 0.0402. The van der Waals surface area contributed by atoms with E-state index in [1.807, 2.05) is 0 Å². The number of nitrogens with zero attached hydrogens (tertiary/aromatic N) is 2. The van der Waals surface area contributed by atoms with Crippen molar-refractivity contribution in [3.05, 3.63) is 78.6 Å². The summed E-state index contributed by atoms with van der Waals surface area (Å²) in [5, 5.41) is 0. The van der Waals surface area contributed by atoms with Crippen molar-refractivity contribution in [2.45, 2.75) is 13.0 Å². The minimum atomic E-state index is -0.995. The van der Waals surface area contributed by atoms with E-state index in [1.54, 1.807) is 53.6 Å². The van der Waals surface area contributed by atoms with Gasteiger partial charge in [0, 0.05) is 23.6 Å². The van der Waals surface area contributed by atoms with Crippen LogP contribution in [0.5, 0.6) is 5.75 Å². The molecule has 0 aliphatic heterocycles. The molecule has 0 bridgehead atoms. The Hall–Kier alpha value is -3.68. The summed E-state index contributed by atoms with van der Waals surface area (Å²) in [4.78, 5) is 28.1. The SMILES string of the molecule is CC(Oc1ccccc1F)C(=O)NNC(=O)c1ccc(-n2ccnc2)cc1. The number of hydrazine groups is 1. The first-order valence-electron chi connectivity index (χ1n) is 8.14. The van der Waals surface area contributed by atoms with E-state index in [9.17, 15) is 14.0 Å². The van der Waals surface area contributed by atoms with E-state index >= 15 is 0 Å². The number of imidazole rings is 1. The summed E-state index contributed by atoms with van der Waals surface area (Å²) < 4.78 is 20.6. The third-order valence-electron chi connectivity index (χ3n) is 3.74. The molecule has 0 fully saturated rings. The van der Waals surface area contributed by atoms with Gasteiger partial charge in [-0.25, -0.2) is 9.37 Å². The Morgan fingerprint density at radius 1 is 1.11 bits per heavy atom. The molecule has 1 unspecified atom stereocenters. The lowest BCUT2D eigenvalue weighted by Gasteiger charge is -2.15. The van der Waals surface area contributed by atoms with Crippen molar-refractivity contribution in [2.75, 3.05) is 0 Å². The standard InChI is InChI=1S/C19H17FN4O3/c1-13(27-17-5-3-2-4-16(17)20)18(25)22-23-19(26)14-6-8-15(9-7-14)24-11-10-21-12-24/h2-13H,1H3,(H,22,25)(H,23,26). The average molecular weight is 368 g/mol. The summed E-state index contributed by atoms with van der Waals surface area (Å²) >= 11 is 0. The lowest BCUT2D eigenvalue weighted by molar-refractivity contribution is -0.128. The third kappa shape index (κ3) is 4.49. The molecule has 1 atom stereocenters. The molecular formula is C19H17FN4O3. The summed E-state index contributed by atoms with van der Waals surface area (Å²) in [5.41, 5.74) is 5.77. The van der Waals surface area contributed by atoms with Gasteiger partial charge < -0.3 is 9.30 Å². The van der Waals surface area contributed by atoms with Crippen LogP contribution in [0.1, 0.15) is 17.3 Å². The van der Waals surface area contributed by atoms with Crippen molar-refractivity contribution in [1.29, 1.82) is 0 Å². The van der Waals surface area contributed by atoms with Crippen LogP contribution < -0.4 is 15.6 Å². The zero-order chi connectivity index (χ0) is 19.2. The van der Waals surface area contributed by atoms with Crippen LogP contribution in [0.3, 0.4) is 0 Å². The van der Waals surface area contributed by atoms with Crippen LogP contribution in [-0.2, 0) is 4.79 Å². The van der Waals surface area contributed by atoms with Crippen LogP contribution in [0, 0.1) is 5.82 Å². The van der Waals surface area contributed by atoms with Crippen molar-refractivity contribution in [2.24, 2.45) is 0 Å². The van der Waals surface area contributed by atoms with Crippen LogP contribution in [0.4, 0.5) is 4.39 Å². The molecular weight excluding hydrogens is 351 g/mol. The molecule has 2 N–H and O–H groups in total. The highest BCUT2D eigenvalue weighted by Gasteiger charge is 2.17. The lowest BCUT2D eigenvalue weighted by Crippen LogP contribution is -2.47. The molecule has 0 saturated heterocycles. The van der Waals surface area contributed by atoms with Crippen molar-refractivity contribution in [3.8, 4) is 11.4 Å². The summed E-state index contributed by atoms with van der Waals surface area (Å²) in [6.45, 7) is 1.45. The zero-order valence-electron chi connectivity index (χ0n) is 14.4. The third-order valence-corrected chi connectivity index (χ3v) is 3.74. The van der Waals surface area contributed by atoms with Gasteiger partial charge in [0.25, 0.3) is 11.8 Å². The number of carbonyl (C=O) groups excluding carboxylic acids is 2. The van der Waals surface area contributed by atoms with Crippen molar-refractivity contribution in [3.63, 3.8) is 0 Å². The second-order valence-corrected chi connectivity index (χ2v) is 5.65. The van der Waals surface area contributed by atoms with E-state index in [0.717, 1.165) is 5.69 Å². The van der Waals surface area contributed by atoms with E-state index in [-0.39, 0.29) is 5.75 Å². The van der Waals surface area contributed by atoms with Gasteiger partial charge in [0.05, 0.1) is 6.33 Å². The first-order chi connectivity index (χ1) is 13.0. The molecule has 0 spiro atoms. The Balaban J connectivity index is 1.53. The van der Waals surface area contributed by atoms with Gasteiger partial charge in [-0.15, -0.1) is 0 Å². The van der Waals surface area contributed by atoms with Crippen molar-refractivity contribution < 1.29 is 18.7 Å². The zero-order valence-corrected chi connectivity index (χ0v) is 14.4. The predicted molar refractivity (Wildman–Crippen MR) is 95.7 cm³/mol. The van der Waals surface area contributed by atoms with Crippen LogP contribution in [0.2, 0.25) is 0 Å². The number of carbonyl (C=O) groups is 2. The highest BCUT2D eigenvalue weighted by atomic mass is 19.1. The Kier molecular flexibility index (Phi) is 5.46. The molecule has 0 aliphatic carbocycles. The predicted octanol–water partition coefficient (Wildman–Crippen LogP) is 2.24. The van der Waals surface area contributed by atoms with E-state index in [1.165, 1.54) is 25.1 Å². The molecule has 1 heterocycles. The number of nitrogens with one attached hydrogen (secondary N) is 2. The maximum Gasteiger partial charge on any atom is 0.279 e. The van der Waals surface area contributed by atoms with Crippen LogP contribution in [0.15, 0.2) is 67.3 Å². The summed E-state index contributed by atoms with van der Waals surface area (Å²) in [6, 6.07) is 12.5. The molecule has 7 nitrogen and oxygen atoms in total. The van der Waals surface area contributed by atoms with Gasteiger partial charge in [-0.3, -0.25) is 20.4 Å². The number of hydrogen-bond donors (Lipinski definition) is 2. The monoisotopic (exact) mass is 368 g/mol. The number of benzene rings is 2. The summed E-state index contributed by atoms with van der Waals surface area (Å²) in [6.07, 6.45) is 4.09. The molecule has 2 amide bonds. The van der Waals surface area contributed by atoms with Gasteiger partial charge in [-0.1, -0.05) is 12.1 Å². The minimum Gasteiger partial charge on any atom is -0.478 e. The largest absolute Gasteiger partial charge is 0.478 e. The topological polar surface area (TPSA) is 85.3 Å². The highest BCUT2D eigenvalue weighted by Crippen LogP contribution is 2.17.